The Morgan fingerprint density at radius 2 is 2.07 bits per heavy atom. The third kappa shape index (κ3) is 3.36. The molecule has 0 aromatic carbocycles. The maximum absolute atomic E-state index is 11.6. The number of aromatic nitrogens is 4. The molecule has 9 heteroatoms. The minimum Gasteiger partial charge on any atom is -0.355 e. The number of thiophene rings is 1. The highest BCUT2D eigenvalue weighted by Crippen LogP contribution is 2.50. The van der Waals surface area contributed by atoms with Crippen LogP contribution in [0.3, 0.4) is 0 Å². The summed E-state index contributed by atoms with van der Waals surface area (Å²) in [6.07, 6.45) is 9.23. The fraction of sp³-hybridized carbons (Fsp3) is 0.476. The van der Waals surface area contributed by atoms with E-state index in [1.54, 1.807) is 37.1 Å². The Morgan fingerprint density at radius 3 is 2.80 bits per heavy atom. The van der Waals surface area contributed by atoms with E-state index in [0.717, 1.165) is 43.0 Å². The molecule has 156 valence electrons. The molecular weight excluding hydrogens is 398 g/mol. The van der Waals surface area contributed by atoms with Crippen molar-refractivity contribution >= 4 is 39.2 Å². The SMILES string of the molecule is CCc1cc2c(N3CCC4(CC(Nc5ncc(C(=O)NC)cn5)C4)C3)ncnc2s1. The van der Waals surface area contributed by atoms with Crippen molar-refractivity contribution in [2.24, 2.45) is 5.41 Å². The van der Waals surface area contributed by atoms with Crippen molar-refractivity contribution in [3.8, 4) is 0 Å². The van der Waals surface area contributed by atoms with Gasteiger partial charge in [-0.05, 0) is 37.2 Å². The van der Waals surface area contributed by atoms with Gasteiger partial charge in [0.15, 0.2) is 0 Å². The smallest absolute Gasteiger partial charge is 0.254 e. The Hall–Kier alpha value is -2.81. The molecule has 2 N–H and O–H groups in total. The highest BCUT2D eigenvalue weighted by atomic mass is 32.1. The van der Waals surface area contributed by atoms with Crippen LogP contribution in [0.2, 0.25) is 0 Å². The van der Waals surface area contributed by atoms with Gasteiger partial charge < -0.3 is 15.5 Å². The second kappa shape index (κ2) is 7.46. The standard InChI is InChI=1S/C21H25N7OS/c1-3-15-6-16-17(25-12-26-19(16)30-15)28-5-4-21(11-28)7-14(8-21)27-20-23-9-13(10-24-20)18(29)22-2/h6,9-10,12,14H,3-5,7-8,11H2,1-2H3,(H,22,29)(H,23,24,27). The Labute approximate surface area is 179 Å². The first kappa shape index (κ1) is 19.2. The summed E-state index contributed by atoms with van der Waals surface area (Å²) in [5, 5.41) is 7.18. The number of anilines is 2. The van der Waals surface area contributed by atoms with Crippen LogP contribution < -0.4 is 15.5 Å². The van der Waals surface area contributed by atoms with Gasteiger partial charge in [-0.1, -0.05) is 6.92 Å². The van der Waals surface area contributed by atoms with E-state index in [0.29, 0.717) is 23.0 Å². The monoisotopic (exact) mass is 423 g/mol. The van der Waals surface area contributed by atoms with E-state index in [1.165, 1.54) is 16.7 Å². The average molecular weight is 424 g/mol. The maximum atomic E-state index is 11.6. The summed E-state index contributed by atoms with van der Waals surface area (Å²) in [5.74, 6) is 1.49. The minimum atomic E-state index is -0.175. The van der Waals surface area contributed by atoms with Crippen LogP contribution in [0.5, 0.6) is 0 Å². The molecule has 1 amide bonds. The summed E-state index contributed by atoms with van der Waals surface area (Å²) >= 11 is 1.77. The quantitative estimate of drug-likeness (QED) is 0.651. The molecule has 8 nitrogen and oxygen atoms in total. The summed E-state index contributed by atoms with van der Waals surface area (Å²) < 4.78 is 0. The minimum absolute atomic E-state index is 0.175. The topological polar surface area (TPSA) is 95.9 Å². The predicted octanol–water partition coefficient (Wildman–Crippen LogP) is 2.87. The normalized spacial score (nSPS) is 23.0. The van der Waals surface area contributed by atoms with Crippen LogP contribution >= 0.6 is 11.3 Å². The lowest BCUT2D eigenvalue weighted by atomic mass is 9.65. The van der Waals surface area contributed by atoms with Crippen LogP contribution in [-0.4, -0.2) is 52.0 Å². The number of aryl methyl sites for hydroxylation is 1. The number of hydrogen-bond donors (Lipinski definition) is 2. The van der Waals surface area contributed by atoms with Gasteiger partial charge in [0.25, 0.3) is 5.91 Å². The van der Waals surface area contributed by atoms with Crippen LogP contribution in [-0.2, 0) is 6.42 Å². The van der Waals surface area contributed by atoms with Crippen molar-refractivity contribution in [3.63, 3.8) is 0 Å². The van der Waals surface area contributed by atoms with E-state index in [9.17, 15) is 4.79 Å². The molecule has 0 bridgehead atoms. The molecule has 5 rings (SSSR count). The van der Waals surface area contributed by atoms with E-state index in [1.807, 2.05) is 0 Å². The lowest BCUT2D eigenvalue weighted by Crippen LogP contribution is -2.47. The van der Waals surface area contributed by atoms with Gasteiger partial charge in [-0.2, -0.15) is 0 Å². The lowest BCUT2D eigenvalue weighted by molar-refractivity contribution is 0.0962. The Kier molecular flexibility index (Phi) is 4.77. The Balaban J connectivity index is 1.22. The van der Waals surface area contributed by atoms with Gasteiger partial charge in [0.1, 0.15) is 17.0 Å². The average Bonchev–Trinajstić information content (AvgIpc) is 3.38. The molecule has 1 saturated heterocycles. The van der Waals surface area contributed by atoms with E-state index in [-0.39, 0.29) is 5.91 Å². The van der Waals surface area contributed by atoms with Gasteiger partial charge >= 0.3 is 0 Å². The first-order valence-corrected chi connectivity index (χ1v) is 11.2. The van der Waals surface area contributed by atoms with Crippen molar-refractivity contribution in [1.82, 2.24) is 25.3 Å². The molecule has 1 aliphatic heterocycles. The fourth-order valence-corrected chi connectivity index (χ4v) is 5.63. The molecule has 30 heavy (non-hydrogen) atoms. The molecule has 4 heterocycles. The third-order valence-electron chi connectivity index (χ3n) is 6.28. The number of hydrogen-bond acceptors (Lipinski definition) is 8. The first-order chi connectivity index (χ1) is 14.6. The zero-order chi connectivity index (χ0) is 20.7. The summed E-state index contributed by atoms with van der Waals surface area (Å²) in [6.45, 7) is 4.25. The van der Waals surface area contributed by atoms with Crippen LogP contribution in [0.15, 0.2) is 24.8 Å². The molecule has 1 aliphatic carbocycles. The number of fused-ring (bicyclic) bond motifs is 1. The van der Waals surface area contributed by atoms with Crippen molar-refractivity contribution < 1.29 is 4.79 Å². The largest absolute Gasteiger partial charge is 0.355 e. The van der Waals surface area contributed by atoms with Crippen LogP contribution in [0.25, 0.3) is 10.2 Å². The van der Waals surface area contributed by atoms with Crippen molar-refractivity contribution in [1.29, 1.82) is 0 Å². The zero-order valence-electron chi connectivity index (χ0n) is 17.2. The Morgan fingerprint density at radius 1 is 1.27 bits per heavy atom. The molecule has 3 aromatic heterocycles. The van der Waals surface area contributed by atoms with Gasteiger partial charge in [0.05, 0.1) is 10.9 Å². The van der Waals surface area contributed by atoms with Crippen LogP contribution in [0, 0.1) is 5.41 Å². The number of carbonyl (C=O) groups is 1. The van der Waals surface area contributed by atoms with E-state index < -0.39 is 0 Å². The number of amides is 1. The molecule has 2 aliphatic rings. The zero-order valence-corrected chi connectivity index (χ0v) is 18.0. The highest BCUT2D eigenvalue weighted by Gasteiger charge is 2.49. The lowest BCUT2D eigenvalue weighted by Gasteiger charge is -2.45. The summed E-state index contributed by atoms with van der Waals surface area (Å²) in [6, 6.07) is 2.62. The van der Waals surface area contributed by atoms with Gasteiger partial charge in [-0.15, -0.1) is 11.3 Å². The first-order valence-electron chi connectivity index (χ1n) is 10.4. The molecule has 1 spiro atoms. The van der Waals surface area contributed by atoms with Gasteiger partial charge in [-0.3, -0.25) is 4.79 Å². The fourth-order valence-electron chi connectivity index (χ4n) is 4.70. The molecular formula is C21H25N7OS. The molecule has 0 atom stereocenters. The second-order valence-corrected chi connectivity index (χ2v) is 9.39. The summed E-state index contributed by atoms with van der Waals surface area (Å²) in [4.78, 5) is 34.1. The van der Waals surface area contributed by atoms with E-state index >= 15 is 0 Å². The number of nitrogens with one attached hydrogen (secondary N) is 2. The third-order valence-corrected chi connectivity index (χ3v) is 7.47. The van der Waals surface area contributed by atoms with Crippen molar-refractivity contribution in [2.75, 3.05) is 30.4 Å². The molecule has 3 aromatic rings. The van der Waals surface area contributed by atoms with Crippen LogP contribution in [0.1, 0.15) is 41.4 Å². The molecule has 1 saturated carbocycles. The van der Waals surface area contributed by atoms with E-state index in [2.05, 4.69) is 48.5 Å². The van der Waals surface area contributed by atoms with Crippen LogP contribution in [0.4, 0.5) is 11.8 Å². The molecule has 0 unspecified atom stereocenters. The number of nitrogens with zero attached hydrogens (tertiary/aromatic N) is 5. The number of rotatable bonds is 5. The summed E-state index contributed by atoms with van der Waals surface area (Å²) in [7, 11) is 1.60. The molecule has 2 fully saturated rings. The number of carbonyl (C=O) groups excluding carboxylic acids is 1. The summed E-state index contributed by atoms with van der Waals surface area (Å²) in [5.41, 5.74) is 0.802. The van der Waals surface area contributed by atoms with Gasteiger partial charge in [-0.25, -0.2) is 19.9 Å². The second-order valence-electron chi connectivity index (χ2n) is 8.28. The molecule has 0 radical (unpaired) electrons. The highest BCUT2D eigenvalue weighted by molar-refractivity contribution is 7.18. The predicted molar refractivity (Wildman–Crippen MR) is 118 cm³/mol. The van der Waals surface area contributed by atoms with E-state index in [4.69, 9.17) is 0 Å². The van der Waals surface area contributed by atoms with Crippen molar-refractivity contribution in [3.05, 3.63) is 35.2 Å². The van der Waals surface area contributed by atoms with Crippen molar-refractivity contribution in [2.45, 2.75) is 38.6 Å². The maximum Gasteiger partial charge on any atom is 0.254 e. The van der Waals surface area contributed by atoms with Gasteiger partial charge in [0.2, 0.25) is 5.95 Å². The Bertz CT molecular complexity index is 1070. The van der Waals surface area contributed by atoms with Gasteiger partial charge in [0, 0.05) is 43.4 Å².